The van der Waals surface area contributed by atoms with Gasteiger partial charge in [0.2, 0.25) is 0 Å². The Labute approximate surface area is 111 Å². The highest BCUT2D eigenvalue weighted by atomic mass is 79.9. The average molecular weight is 355 g/mol. The number of halogens is 2. The van der Waals surface area contributed by atoms with Gasteiger partial charge in [0.1, 0.15) is 21.1 Å². The van der Waals surface area contributed by atoms with Crippen LogP contribution in [-0.4, -0.2) is 33.2 Å². The molecule has 0 aliphatic carbocycles. The molecular weight excluding hydrogens is 342 g/mol. The molecule has 7 heteroatoms. The third kappa shape index (κ3) is 3.05. The normalized spacial score (nSPS) is 12.8. The predicted molar refractivity (Wildman–Crippen MR) is 67.5 cm³/mol. The van der Waals surface area contributed by atoms with Gasteiger partial charge in [0.15, 0.2) is 0 Å². The van der Waals surface area contributed by atoms with Gasteiger partial charge in [0.25, 0.3) is 0 Å². The first kappa shape index (κ1) is 13.7. The molecule has 0 aromatic carbocycles. The third-order valence-corrected chi connectivity index (χ3v) is 4.06. The number of hydrogen-bond acceptors (Lipinski definition) is 3. The Morgan fingerprint density at radius 2 is 2.25 bits per heavy atom. The van der Waals surface area contributed by atoms with Gasteiger partial charge >= 0.3 is 5.97 Å². The van der Waals surface area contributed by atoms with Crippen molar-refractivity contribution in [2.24, 2.45) is 0 Å². The predicted octanol–water partition coefficient (Wildman–Crippen LogP) is 1.78. The van der Waals surface area contributed by atoms with E-state index in [0.717, 1.165) is 10.4 Å². The number of aromatic nitrogens is 2. The number of carboxylic acids is 1. The van der Waals surface area contributed by atoms with Crippen LogP contribution in [-0.2, 0) is 11.3 Å². The smallest absolute Gasteiger partial charge is 0.322 e. The first-order valence-electron chi connectivity index (χ1n) is 4.81. The number of rotatable bonds is 5. The molecule has 2 N–H and O–H groups in total. The van der Waals surface area contributed by atoms with E-state index in [1.165, 1.54) is 0 Å². The molecule has 0 aliphatic rings. The molecule has 0 saturated carbocycles. The van der Waals surface area contributed by atoms with E-state index < -0.39 is 12.0 Å². The summed E-state index contributed by atoms with van der Waals surface area (Å²) in [7, 11) is 0. The van der Waals surface area contributed by atoms with E-state index in [1.54, 1.807) is 0 Å². The second-order valence-corrected chi connectivity index (χ2v) is 4.80. The summed E-state index contributed by atoms with van der Waals surface area (Å²) in [5, 5.41) is 11.9. The van der Waals surface area contributed by atoms with Gasteiger partial charge < -0.3 is 15.0 Å². The minimum atomic E-state index is -0.863. The largest absolute Gasteiger partial charge is 0.480 e. The number of aliphatic carboxylic acids is 1. The van der Waals surface area contributed by atoms with E-state index in [0.29, 0.717) is 17.7 Å². The lowest BCUT2D eigenvalue weighted by Gasteiger charge is -2.15. The number of nitrogens with zero attached hydrogens (tertiary/aromatic N) is 2. The van der Waals surface area contributed by atoms with Gasteiger partial charge in [0.05, 0.1) is 6.54 Å². The first-order valence-corrected chi connectivity index (χ1v) is 6.40. The van der Waals surface area contributed by atoms with Gasteiger partial charge in [-0.1, -0.05) is 6.92 Å². The molecule has 5 nitrogen and oxygen atoms in total. The minimum absolute atomic E-state index is 0.341. The van der Waals surface area contributed by atoms with Crippen LogP contribution in [0, 0.1) is 6.92 Å². The summed E-state index contributed by atoms with van der Waals surface area (Å²) in [6.45, 7) is 4.67. The van der Waals surface area contributed by atoms with Gasteiger partial charge in [-0.15, -0.1) is 0 Å². The molecule has 0 saturated heterocycles. The maximum atomic E-state index is 11.0. The molecule has 1 heterocycles. The van der Waals surface area contributed by atoms with Crippen molar-refractivity contribution in [2.45, 2.75) is 26.4 Å². The molecule has 16 heavy (non-hydrogen) atoms. The fourth-order valence-electron chi connectivity index (χ4n) is 1.37. The van der Waals surface area contributed by atoms with Gasteiger partial charge in [-0.25, -0.2) is 4.98 Å². The molecular formula is C9H13Br2N3O2. The summed E-state index contributed by atoms with van der Waals surface area (Å²) in [5.41, 5.74) is 0. The average Bonchev–Trinajstić information content (AvgIpc) is 2.43. The summed E-state index contributed by atoms with van der Waals surface area (Å²) < 4.78 is 3.26. The molecule has 1 aromatic heterocycles. The third-order valence-electron chi connectivity index (χ3n) is 2.17. The van der Waals surface area contributed by atoms with Gasteiger partial charge in [-0.2, -0.15) is 0 Å². The number of carboxylic acid groups (broad SMARTS) is 1. The molecule has 0 aliphatic heterocycles. The molecule has 0 bridgehead atoms. The van der Waals surface area contributed by atoms with Crippen LogP contribution in [0.25, 0.3) is 0 Å². The zero-order valence-electron chi connectivity index (χ0n) is 9.00. The highest BCUT2D eigenvalue weighted by Crippen LogP contribution is 2.23. The highest BCUT2D eigenvalue weighted by Gasteiger charge is 2.20. The zero-order chi connectivity index (χ0) is 12.3. The molecule has 1 rings (SSSR count). The van der Waals surface area contributed by atoms with E-state index in [9.17, 15) is 4.79 Å². The SMILES string of the molecule is CCNC(Cn1c(C)nc(Br)c1Br)C(=O)O. The summed E-state index contributed by atoms with van der Waals surface area (Å²) in [5.74, 6) is -0.0964. The van der Waals surface area contributed by atoms with Gasteiger partial charge in [-0.05, 0) is 45.3 Å². The molecule has 0 spiro atoms. The van der Waals surface area contributed by atoms with Crippen LogP contribution in [0.1, 0.15) is 12.7 Å². The maximum Gasteiger partial charge on any atom is 0.322 e. The number of carbonyl (C=O) groups is 1. The van der Waals surface area contributed by atoms with E-state index in [-0.39, 0.29) is 0 Å². The Morgan fingerprint density at radius 3 is 2.62 bits per heavy atom. The lowest BCUT2D eigenvalue weighted by molar-refractivity contribution is -0.139. The highest BCUT2D eigenvalue weighted by molar-refractivity contribution is 9.13. The number of aryl methyl sites for hydroxylation is 1. The zero-order valence-corrected chi connectivity index (χ0v) is 12.2. The van der Waals surface area contributed by atoms with Crippen LogP contribution < -0.4 is 5.32 Å². The fourth-order valence-corrected chi connectivity index (χ4v) is 2.33. The van der Waals surface area contributed by atoms with Crippen molar-refractivity contribution in [3.63, 3.8) is 0 Å². The van der Waals surface area contributed by atoms with Crippen molar-refractivity contribution in [1.29, 1.82) is 0 Å². The molecule has 1 aromatic rings. The van der Waals surface area contributed by atoms with Crippen molar-refractivity contribution in [2.75, 3.05) is 6.54 Å². The molecule has 0 fully saturated rings. The van der Waals surface area contributed by atoms with Gasteiger partial charge in [0, 0.05) is 0 Å². The maximum absolute atomic E-state index is 11.0. The quantitative estimate of drug-likeness (QED) is 0.845. The van der Waals surface area contributed by atoms with Crippen molar-refractivity contribution in [3.8, 4) is 0 Å². The summed E-state index contributed by atoms with van der Waals surface area (Å²) in [6.07, 6.45) is 0. The Morgan fingerprint density at radius 1 is 1.62 bits per heavy atom. The van der Waals surface area contributed by atoms with Crippen molar-refractivity contribution in [1.82, 2.24) is 14.9 Å². The monoisotopic (exact) mass is 353 g/mol. The lowest BCUT2D eigenvalue weighted by atomic mass is 10.3. The lowest BCUT2D eigenvalue weighted by Crippen LogP contribution is -2.40. The Balaban J connectivity index is 2.88. The van der Waals surface area contributed by atoms with Crippen LogP contribution in [0.5, 0.6) is 0 Å². The number of likely N-dealkylation sites (N-methyl/N-ethyl adjacent to an activating group) is 1. The molecule has 0 amide bonds. The number of nitrogens with one attached hydrogen (secondary N) is 1. The first-order chi connectivity index (χ1) is 7.47. The standard InChI is InChI=1S/C9H13Br2N3O2/c1-3-12-6(9(15)16)4-14-5(2)13-7(10)8(14)11/h6,12H,3-4H2,1-2H3,(H,15,16). The Hall–Kier alpha value is -0.400. The van der Waals surface area contributed by atoms with E-state index in [4.69, 9.17) is 5.11 Å². The topological polar surface area (TPSA) is 67.2 Å². The fraction of sp³-hybridized carbons (Fsp3) is 0.556. The second-order valence-electron chi connectivity index (χ2n) is 3.30. The molecule has 1 unspecified atom stereocenters. The molecule has 0 radical (unpaired) electrons. The Bertz CT molecular complexity index is 392. The van der Waals surface area contributed by atoms with Gasteiger partial charge in [-0.3, -0.25) is 4.79 Å². The van der Waals surface area contributed by atoms with Crippen molar-refractivity contribution in [3.05, 3.63) is 15.0 Å². The van der Waals surface area contributed by atoms with Crippen LogP contribution >= 0.6 is 31.9 Å². The Kier molecular flexibility index (Phi) is 4.94. The van der Waals surface area contributed by atoms with Crippen molar-refractivity contribution < 1.29 is 9.90 Å². The van der Waals surface area contributed by atoms with E-state index in [1.807, 2.05) is 18.4 Å². The second kappa shape index (κ2) is 5.79. The summed E-state index contributed by atoms with van der Waals surface area (Å²) in [4.78, 5) is 15.2. The molecule has 1 atom stereocenters. The summed E-state index contributed by atoms with van der Waals surface area (Å²) >= 11 is 6.65. The van der Waals surface area contributed by atoms with Crippen LogP contribution in [0.15, 0.2) is 9.21 Å². The minimum Gasteiger partial charge on any atom is -0.480 e. The van der Waals surface area contributed by atoms with Crippen LogP contribution in [0.4, 0.5) is 0 Å². The van der Waals surface area contributed by atoms with E-state index >= 15 is 0 Å². The number of hydrogen-bond donors (Lipinski definition) is 2. The van der Waals surface area contributed by atoms with Crippen LogP contribution in [0.3, 0.4) is 0 Å². The van der Waals surface area contributed by atoms with E-state index in [2.05, 4.69) is 42.2 Å². The van der Waals surface area contributed by atoms with Crippen LogP contribution in [0.2, 0.25) is 0 Å². The van der Waals surface area contributed by atoms with Crippen molar-refractivity contribution >= 4 is 37.8 Å². The number of imidazole rings is 1. The summed E-state index contributed by atoms with van der Waals surface area (Å²) in [6, 6.07) is -0.610. The molecule has 90 valence electrons.